The van der Waals surface area contributed by atoms with Crippen LogP contribution in [0.3, 0.4) is 0 Å². The Morgan fingerprint density at radius 1 is 0.423 bits per heavy atom. The van der Waals surface area contributed by atoms with Gasteiger partial charge in [-0.3, -0.25) is 4.98 Å². The summed E-state index contributed by atoms with van der Waals surface area (Å²) < 4.78 is 2.68. The number of nitrogens with zero attached hydrogens (tertiary/aromatic N) is 2. The predicted molar refractivity (Wildman–Crippen MR) is 221 cm³/mol. The summed E-state index contributed by atoms with van der Waals surface area (Å²) in [4.78, 5) is 10.2. The van der Waals surface area contributed by atoms with Gasteiger partial charge in [0.05, 0.1) is 22.9 Å². The molecule has 0 radical (unpaired) electrons. The van der Waals surface area contributed by atoms with Gasteiger partial charge in [0.2, 0.25) is 0 Å². The van der Waals surface area contributed by atoms with Crippen molar-refractivity contribution in [2.75, 3.05) is 0 Å². The van der Waals surface area contributed by atoms with Crippen molar-refractivity contribution in [2.24, 2.45) is 0 Å². The van der Waals surface area contributed by atoms with Crippen molar-refractivity contribution in [1.82, 2.24) is 9.97 Å². The molecular weight excluding hydrogens is 649 g/mol. The average Bonchev–Trinajstić information content (AvgIpc) is 3.68. The van der Waals surface area contributed by atoms with Crippen LogP contribution in [0.1, 0.15) is 25.0 Å². The van der Waals surface area contributed by atoms with E-state index in [-0.39, 0.29) is 5.41 Å². The topological polar surface area (TPSA) is 25.8 Å². The third-order valence-electron chi connectivity index (χ3n) is 11.3. The van der Waals surface area contributed by atoms with Crippen molar-refractivity contribution in [3.63, 3.8) is 0 Å². The van der Waals surface area contributed by atoms with Crippen molar-refractivity contribution in [2.45, 2.75) is 19.3 Å². The molecule has 0 aliphatic heterocycles. The van der Waals surface area contributed by atoms with Crippen LogP contribution in [-0.4, -0.2) is 9.97 Å². The smallest absolute Gasteiger partial charge is 0.0979 e. The lowest BCUT2D eigenvalue weighted by atomic mass is 9.81. The van der Waals surface area contributed by atoms with Gasteiger partial charge in [0.25, 0.3) is 0 Å². The van der Waals surface area contributed by atoms with Crippen LogP contribution in [0, 0.1) is 0 Å². The molecular formula is C49H32N2S. The fourth-order valence-electron chi connectivity index (χ4n) is 8.60. The summed E-state index contributed by atoms with van der Waals surface area (Å²) in [5.74, 6) is 0. The van der Waals surface area contributed by atoms with Gasteiger partial charge in [-0.15, -0.1) is 11.3 Å². The first kappa shape index (κ1) is 29.6. The van der Waals surface area contributed by atoms with Gasteiger partial charge in [-0.05, 0) is 85.6 Å². The molecule has 0 atom stereocenters. The largest absolute Gasteiger partial charge is 0.252 e. The van der Waals surface area contributed by atoms with Gasteiger partial charge in [-0.2, -0.15) is 0 Å². The lowest BCUT2D eigenvalue weighted by Crippen LogP contribution is -2.15. The number of thiophene rings is 1. The molecule has 52 heavy (non-hydrogen) atoms. The third-order valence-corrected chi connectivity index (χ3v) is 12.5. The Labute approximate surface area is 305 Å². The highest BCUT2D eigenvalue weighted by molar-refractivity contribution is 7.25. The summed E-state index contributed by atoms with van der Waals surface area (Å²) in [6.45, 7) is 4.74. The zero-order valence-corrected chi connectivity index (χ0v) is 29.6. The maximum Gasteiger partial charge on any atom is 0.0979 e. The number of rotatable bonds is 3. The van der Waals surface area contributed by atoms with E-state index >= 15 is 0 Å². The fourth-order valence-corrected chi connectivity index (χ4v) is 9.68. The minimum Gasteiger partial charge on any atom is -0.252 e. The number of fused-ring (bicyclic) bond motifs is 12. The summed E-state index contributed by atoms with van der Waals surface area (Å²) in [5.41, 5.74) is 14.1. The molecule has 0 saturated carbocycles. The number of hydrogen-bond acceptors (Lipinski definition) is 3. The molecule has 2 aromatic heterocycles. The second-order valence-corrected chi connectivity index (χ2v) is 15.7. The van der Waals surface area contributed by atoms with Crippen LogP contribution in [0.5, 0.6) is 0 Å². The van der Waals surface area contributed by atoms with Gasteiger partial charge in [0, 0.05) is 41.9 Å². The van der Waals surface area contributed by atoms with Crippen molar-refractivity contribution >= 4 is 64.1 Å². The van der Waals surface area contributed by atoms with E-state index in [9.17, 15) is 0 Å². The van der Waals surface area contributed by atoms with Crippen LogP contribution < -0.4 is 0 Å². The lowest BCUT2D eigenvalue weighted by Gasteiger charge is -2.22. The highest BCUT2D eigenvalue weighted by atomic mass is 32.1. The number of aromatic nitrogens is 2. The second kappa shape index (κ2) is 10.9. The van der Waals surface area contributed by atoms with Crippen LogP contribution in [0.2, 0.25) is 0 Å². The molecule has 0 fully saturated rings. The second-order valence-electron chi connectivity index (χ2n) is 14.6. The molecule has 0 N–H and O–H groups in total. The molecule has 3 heteroatoms. The first-order chi connectivity index (χ1) is 25.5. The Bertz CT molecular complexity index is 3060. The molecule has 11 rings (SSSR count). The number of hydrogen-bond donors (Lipinski definition) is 0. The molecule has 2 heterocycles. The van der Waals surface area contributed by atoms with Crippen molar-refractivity contribution < 1.29 is 0 Å². The highest BCUT2D eigenvalue weighted by Crippen LogP contribution is 2.51. The lowest BCUT2D eigenvalue weighted by molar-refractivity contribution is 0.661. The van der Waals surface area contributed by atoms with Crippen molar-refractivity contribution in [1.29, 1.82) is 0 Å². The Hall–Kier alpha value is -6.16. The summed E-state index contributed by atoms with van der Waals surface area (Å²) >= 11 is 1.87. The summed E-state index contributed by atoms with van der Waals surface area (Å²) in [7, 11) is 0. The maximum absolute atomic E-state index is 5.21. The molecule has 0 unspecified atom stereocenters. The van der Waals surface area contributed by atoms with E-state index in [1.807, 2.05) is 17.5 Å². The molecule has 0 amide bonds. The van der Waals surface area contributed by atoms with E-state index in [2.05, 4.69) is 166 Å². The van der Waals surface area contributed by atoms with E-state index in [1.54, 1.807) is 0 Å². The molecule has 0 bridgehead atoms. The monoisotopic (exact) mass is 680 g/mol. The van der Waals surface area contributed by atoms with Crippen molar-refractivity contribution in [3.05, 3.63) is 169 Å². The molecule has 2 nitrogen and oxygen atoms in total. The predicted octanol–water partition coefficient (Wildman–Crippen LogP) is 13.6. The minimum atomic E-state index is -0.122. The maximum atomic E-state index is 5.21. The van der Waals surface area contributed by atoms with Crippen LogP contribution in [-0.2, 0) is 5.41 Å². The summed E-state index contributed by atoms with van der Waals surface area (Å²) in [5, 5.41) is 7.37. The van der Waals surface area contributed by atoms with Gasteiger partial charge in [0.1, 0.15) is 0 Å². The molecule has 1 aliphatic carbocycles. The normalized spacial score (nSPS) is 13.3. The Morgan fingerprint density at radius 2 is 0.923 bits per heavy atom. The van der Waals surface area contributed by atoms with Gasteiger partial charge in [-0.25, -0.2) is 4.98 Å². The third kappa shape index (κ3) is 4.30. The number of benzene rings is 8. The first-order valence-electron chi connectivity index (χ1n) is 17.9. The molecule has 8 aromatic carbocycles. The summed E-state index contributed by atoms with van der Waals surface area (Å²) in [6.07, 6.45) is 1.92. The molecule has 0 spiro atoms. The first-order valence-corrected chi connectivity index (χ1v) is 18.7. The van der Waals surface area contributed by atoms with E-state index < -0.39 is 0 Å². The van der Waals surface area contributed by atoms with E-state index in [0.717, 1.165) is 33.1 Å². The Morgan fingerprint density at radius 3 is 1.62 bits per heavy atom. The van der Waals surface area contributed by atoms with E-state index in [4.69, 9.17) is 9.97 Å². The Kier molecular flexibility index (Phi) is 6.21. The van der Waals surface area contributed by atoms with E-state index in [0.29, 0.717) is 0 Å². The van der Waals surface area contributed by atoms with Gasteiger partial charge in [0.15, 0.2) is 0 Å². The standard InChI is InChI=1S/C49H32N2S/c1-49(2)42-26-32(19-22-36(42)37-23-20-33(27-43(37)49)31-21-24-46-41(25-31)38-11-7-8-14-45(38)52-46)29-15-17-30(18-16-29)44-28-50-47-39-12-5-3-9-34(39)35-10-4-6-13-40(35)48(47)51-44/h3-28H,1-2H3. The fraction of sp³-hybridized carbons (Fsp3) is 0.0612. The zero-order valence-electron chi connectivity index (χ0n) is 28.8. The van der Waals surface area contributed by atoms with Crippen LogP contribution in [0.4, 0.5) is 0 Å². The molecule has 1 aliphatic rings. The van der Waals surface area contributed by atoms with Gasteiger partial charge < -0.3 is 0 Å². The average molecular weight is 681 g/mol. The van der Waals surface area contributed by atoms with Crippen molar-refractivity contribution in [3.8, 4) is 44.6 Å². The van der Waals surface area contributed by atoms with E-state index in [1.165, 1.54) is 75.5 Å². The van der Waals surface area contributed by atoms with Crippen LogP contribution >= 0.6 is 11.3 Å². The minimum absolute atomic E-state index is 0.122. The molecule has 244 valence electrons. The molecule has 0 saturated heterocycles. The van der Waals surface area contributed by atoms with Gasteiger partial charge in [-0.1, -0.05) is 135 Å². The molecule has 10 aromatic rings. The quantitative estimate of drug-likeness (QED) is 0.174. The summed E-state index contributed by atoms with van der Waals surface area (Å²) in [6, 6.07) is 55.6. The zero-order chi connectivity index (χ0) is 34.6. The SMILES string of the molecule is CC1(C)c2cc(-c3ccc(-c4cnc5c6ccccc6c6ccccc6c5n4)cc3)ccc2-c2ccc(-c3ccc4sc5ccccc5c4c3)cc21. The van der Waals surface area contributed by atoms with Crippen LogP contribution in [0.25, 0.3) is 97.4 Å². The Balaban J connectivity index is 0.936. The highest BCUT2D eigenvalue weighted by Gasteiger charge is 2.36. The van der Waals surface area contributed by atoms with Gasteiger partial charge >= 0.3 is 0 Å². The van der Waals surface area contributed by atoms with Crippen LogP contribution in [0.15, 0.2) is 158 Å².